The maximum atomic E-state index is 11.2. The molecule has 0 bridgehead atoms. The Morgan fingerprint density at radius 1 is 1.55 bits per heavy atom. The van der Waals surface area contributed by atoms with Gasteiger partial charge < -0.3 is 4.57 Å². The number of carbonyl (C=O) groups is 1. The molecule has 10 heteroatoms. The van der Waals surface area contributed by atoms with Gasteiger partial charge in [0.1, 0.15) is 5.69 Å². The van der Waals surface area contributed by atoms with E-state index < -0.39 is 0 Å². The average Bonchev–Trinajstić information content (AvgIpc) is 2.99. The van der Waals surface area contributed by atoms with Crippen LogP contribution in [0.4, 0.5) is 0 Å². The van der Waals surface area contributed by atoms with Crippen LogP contribution in [0.25, 0.3) is 11.5 Å². The fraction of sp³-hybridized carbons (Fsp3) is 0.400. The molecule has 0 fully saturated rings. The van der Waals surface area contributed by atoms with Gasteiger partial charge in [-0.1, -0.05) is 11.8 Å². The second-order valence-electron chi connectivity index (χ2n) is 3.87. The van der Waals surface area contributed by atoms with Gasteiger partial charge >= 0.3 is 0 Å². The Bertz CT molecular complexity index is 604. The fourth-order valence-electron chi connectivity index (χ4n) is 1.69. The van der Waals surface area contributed by atoms with Crippen molar-refractivity contribution in [2.75, 3.05) is 5.75 Å². The van der Waals surface area contributed by atoms with Crippen LogP contribution in [0.5, 0.6) is 0 Å². The number of nitrogens with one attached hydrogen (secondary N) is 1. The van der Waals surface area contributed by atoms with Crippen molar-refractivity contribution in [1.82, 2.24) is 30.0 Å². The first-order chi connectivity index (χ1) is 9.58. The highest BCUT2D eigenvalue weighted by Gasteiger charge is 2.19. The number of carbonyl (C=O) groups excluding carboxylic acids is 1. The second kappa shape index (κ2) is 6.37. The molecule has 0 atom stereocenters. The number of hydrazine groups is 1. The monoisotopic (exact) mass is 359 g/mol. The van der Waals surface area contributed by atoms with Gasteiger partial charge in [0.15, 0.2) is 11.0 Å². The minimum atomic E-state index is -0.260. The lowest BCUT2D eigenvalue weighted by molar-refractivity contribution is -0.118. The normalized spacial score (nSPS) is 10.8. The third-order valence-corrected chi connectivity index (χ3v) is 4.18. The van der Waals surface area contributed by atoms with Gasteiger partial charge in [0, 0.05) is 13.6 Å². The SMILES string of the molecule is CCn1c(SCC(=O)NN)nnc1-c1c(Br)cnn1C. The topological polar surface area (TPSA) is 104 Å². The Balaban J connectivity index is 2.32. The van der Waals surface area contributed by atoms with Crippen molar-refractivity contribution < 1.29 is 4.79 Å². The van der Waals surface area contributed by atoms with Gasteiger partial charge in [0.2, 0.25) is 5.91 Å². The van der Waals surface area contributed by atoms with E-state index in [1.165, 1.54) is 11.8 Å². The van der Waals surface area contributed by atoms with Crippen molar-refractivity contribution in [3.8, 4) is 11.5 Å². The summed E-state index contributed by atoms with van der Waals surface area (Å²) >= 11 is 4.73. The zero-order valence-electron chi connectivity index (χ0n) is 11.0. The second-order valence-corrected chi connectivity index (χ2v) is 5.67. The van der Waals surface area contributed by atoms with Crippen LogP contribution in [0.15, 0.2) is 15.8 Å². The van der Waals surface area contributed by atoms with E-state index in [0.29, 0.717) is 17.5 Å². The Kier molecular flexibility index (Phi) is 4.78. The summed E-state index contributed by atoms with van der Waals surface area (Å²) in [7, 11) is 1.84. The molecular weight excluding hydrogens is 346 g/mol. The molecule has 2 aromatic heterocycles. The number of hydrogen-bond acceptors (Lipinski definition) is 6. The summed E-state index contributed by atoms with van der Waals surface area (Å²) < 4.78 is 4.50. The summed E-state index contributed by atoms with van der Waals surface area (Å²) in [6, 6.07) is 0. The van der Waals surface area contributed by atoms with Crippen LogP contribution in [0.3, 0.4) is 0 Å². The number of thioether (sulfide) groups is 1. The maximum absolute atomic E-state index is 11.2. The third kappa shape index (κ3) is 2.86. The van der Waals surface area contributed by atoms with E-state index in [2.05, 4.69) is 36.7 Å². The van der Waals surface area contributed by atoms with Crippen LogP contribution >= 0.6 is 27.7 Å². The van der Waals surface area contributed by atoms with E-state index in [4.69, 9.17) is 5.84 Å². The Hall–Kier alpha value is -1.39. The van der Waals surface area contributed by atoms with Crippen LogP contribution in [0.2, 0.25) is 0 Å². The summed E-state index contributed by atoms with van der Waals surface area (Å²) in [5.74, 6) is 5.69. The molecule has 0 aliphatic heterocycles. The van der Waals surface area contributed by atoms with E-state index in [-0.39, 0.29) is 11.7 Å². The number of aromatic nitrogens is 5. The molecule has 20 heavy (non-hydrogen) atoms. The van der Waals surface area contributed by atoms with Crippen molar-refractivity contribution in [2.45, 2.75) is 18.6 Å². The molecule has 0 radical (unpaired) electrons. The van der Waals surface area contributed by atoms with Crippen LogP contribution in [-0.2, 0) is 18.4 Å². The van der Waals surface area contributed by atoms with Gasteiger partial charge in [0.25, 0.3) is 0 Å². The molecule has 0 saturated carbocycles. The van der Waals surface area contributed by atoms with Crippen molar-refractivity contribution in [1.29, 1.82) is 0 Å². The summed E-state index contributed by atoms with van der Waals surface area (Å²) in [4.78, 5) is 11.2. The van der Waals surface area contributed by atoms with E-state index >= 15 is 0 Å². The Morgan fingerprint density at radius 3 is 2.85 bits per heavy atom. The van der Waals surface area contributed by atoms with E-state index in [1.54, 1.807) is 10.9 Å². The van der Waals surface area contributed by atoms with Gasteiger partial charge in [-0.15, -0.1) is 10.2 Å². The number of nitrogens with two attached hydrogens (primary N) is 1. The molecular formula is C10H14BrN7OS. The smallest absolute Gasteiger partial charge is 0.244 e. The number of halogens is 1. The molecule has 1 amide bonds. The predicted octanol–water partition coefficient (Wildman–Crippen LogP) is 0.543. The highest BCUT2D eigenvalue weighted by Crippen LogP contribution is 2.28. The van der Waals surface area contributed by atoms with Gasteiger partial charge in [-0.05, 0) is 22.9 Å². The summed E-state index contributed by atoms with van der Waals surface area (Å²) in [5, 5.41) is 13.1. The van der Waals surface area contributed by atoms with Crippen LogP contribution in [0, 0.1) is 0 Å². The first-order valence-electron chi connectivity index (χ1n) is 5.81. The van der Waals surface area contributed by atoms with Gasteiger partial charge in [0.05, 0.1) is 16.4 Å². The number of rotatable bonds is 5. The minimum absolute atomic E-state index is 0.196. The zero-order chi connectivity index (χ0) is 14.7. The largest absolute Gasteiger partial charge is 0.301 e. The summed E-state index contributed by atoms with van der Waals surface area (Å²) in [6.45, 7) is 2.68. The Morgan fingerprint density at radius 2 is 2.30 bits per heavy atom. The molecule has 8 nitrogen and oxygen atoms in total. The molecule has 0 spiro atoms. The molecule has 0 aliphatic carbocycles. The minimum Gasteiger partial charge on any atom is -0.301 e. The summed E-state index contributed by atoms with van der Waals surface area (Å²) in [5.41, 5.74) is 2.93. The van der Waals surface area contributed by atoms with Crippen LogP contribution < -0.4 is 11.3 Å². The number of aryl methyl sites for hydroxylation is 1. The quantitative estimate of drug-likeness (QED) is 0.349. The van der Waals surface area contributed by atoms with Crippen molar-refractivity contribution >= 4 is 33.6 Å². The number of hydrogen-bond donors (Lipinski definition) is 2. The molecule has 0 unspecified atom stereocenters. The molecule has 3 N–H and O–H groups in total. The number of nitrogens with zero attached hydrogens (tertiary/aromatic N) is 5. The summed E-state index contributed by atoms with van der Waals surface area (Å²) in [6.07, 6.45) is 1.71. The fourth-order valence-corrected chi connectivity index (χ4v) is 3.03. The molecule has 108 valence electrons. The van der Waals surface area contributed by atoms with Gasteiger partial charge in [-0.25, -0.2) is 5.84 Å². The van der Waals surface area contributed by atoms with Crippen molar-refractivity contribution in [2.24, 2.45) is 12.9 Å². The predicted molar refractivity (Wildman–Crippen MR) is 78.7 cm³/mol. The molecule has 0 saturated heterocycles. The van der Waals surface area contributed by atoms with E-state index in [1.807, 2.05) is 18.5 Å². The standard InChI is InChI=1S/C10H14BrN7OS/c1-3-18-9(8-6(11)4-13-17(8)2)15-16-10(18)20-5-7(19)14-12/h4H,3,5,12H2,1-2H3,(H,14,19). The third-order valence-electron chi connectivity index (χ3n) is 2.63. The lowest BCUT2D eigenvalue weighted by Gasteiger charge is -2.07. The van der Waals surface area contributed by atoms with Gasteiger partial charge in [-0.3, -0.25) is 14.9 Å². The maximum Gasteiger partial charge on any atom is 0.244 e. The zero-order valence-corrected chi connectivity index (χ0v) is 13.4. The highest BCUT2D eigenvalue weighted by atomic mass is 79.9. The lowest BCUT2D eigenvalue weighted by Crippen LogP contribution is -2.31. The molecule has 2 rings (SSSR count). The molecule has 0 aromatic carbocycles. The lowest BCUT2D eigenvalue weighted by atomic mass is 10.4. The number of amides is 1. The first kappa shape index (κ1) is 15.0. The highest BCUT2D eigenvalue weighted by molar-refractivity contribution is 9.10. The average molecular weight is 360 g/mol. The van der Waals surface area contributed by atoms with E-state index in [0.717, 1.165) is 10.2 Å². The van der Waals surface area contributed by atoms with E-state index in [9.17, 15) is 4.79 Å². The van der Waals surface area contributed by atoms with Crippen molar-refractivity contribution in [3.63, 3.8) is 0 Å². The van der Waals surface area contributed by atoms with Gasteiger partial charge in [-0.2, -0.15) is 5.10 Å². The molecule has 2 heterocycles. The van der Waals surface area contributed by atoms with Crippen LogP contribution in [0.1, 0.15) is 6.92 Å². The molecule has 2 aromatic rings. The molecule has 0 aliphatic rings. The van der Waals surface area contributed by atoms with Crippen LogP contribution in [-0.4, -0.2) is 36.2 Å². The Labute approximate surface area is 128 Å². The van der Waals surface area contributed by atoms with Crippen molar-refractivity contribution in [3.05, 3.63) is 10.7 Å². The first-order valence-corrected chi connectivity index (χ1v) is 7.59.